The molecule has 0 unspecified atom stereocenters. The molecule has 0 saturated carbocycles. The zero-order valence-electron chi connectivity index (χ0n) is 18.1. The fourth-order valence-corrected chi connectivity index (χ4v) is 5.52. The number of piperazine rings is 1. The van der Waals surface area contributed by atoms with E-state index in [1.165, 1.54) is 36.4 Å². The summed E-state index contributed by atoms with van der Waals surface area (Å²) in [5.74, 6) is -0.680. The number of carbonyl (C=O) groups excluding carboxylic acids is 1. The molecule has 0 aromatic heterocycles. The predicted molar refractivity (Wildman–Crippen MR) is 133 cm³/mol. The Kier molecular flexibility index (Phi) is 7.30. The third-order valence-electron chi connectivity index (χ3n) is 5.63. The molecule has 1 saturated heterocycles. The van der Waals surface area contributed by atoms with Gasteiger partial charge in [0.15, 0.2) is 0 Å². The molecule has 0 aliphatic carbocycles. The van der Waals surface area contributed by atoms with Crippen LogP contribution in [0.2, 0.25) is 10.0 Å². The molecule has 4 rings (SSSR count). The van der Waals surface area contributed by atoms with E-state index in [1.807, 2.05) is 4.90 Å². The molecule has 1 heterocycles. The minimum atomic E-state index is -4.05. The van der Waals surface area contributed by atoms with Crippen LogP contribution in [0.1, 0.15) is 0 Å². The van der Waals surface area contributed by atoms with Gasteiger partial charge in [-0.1, -0.05) is 53.5 Å². The number of nitrogens with zero attached hydrogens (tertiary/aromatic N) is 3. The molecule has 0 radical (unpaired) electrons. The molecule has 0 atom stereocenters. The SMILES string of the molecule is O=C(CN(c1ccc(Cl)c(Cl)c1)S(=O)(=O)c1ccccc1)N1CCN(c2ccccc2F)CC1. The fraction of sp³-hybridized carbons (Fsp3) is 0.208. The summed E-state index contributed by atoms with van der Waals surface area (Å²) in [4.78, 5) is 16.7. The number of halogens is 3. The van der Waals surface area contributed by atoms with Crippen molar-refractivity contribution in [3.05, 3.63) is 88.7 Å². The molecule has 1 aliphatic rings. The Morgan fingerprint density at radius 2 is 1.53 bits per heavy atom. The minimum absolute atomic E-state index is 0.0539. The van der Waals surface area contributed by atoms with E-state index in [9.17, 15) is 17.6 Å². The van der Waals surface area contributed by atoms with E-state index in [0.29, 0.717) is 31.9 Å². The number of sulfonamides is 1. The van der Waals surface area contributed by atoms with Gasteiger partial charge in [0, 0.05) is 26.2 Å². The lowest BCUT2D eigenvalue weighted by Crippen LogP contribution is -2.52. The fourth-order valence-electron chi connectivity index (χ4n) is 3.80. The molecule has 0 bridgehead atoms. The van der Waals surface area contributed by atoms with Crippen molar-refractivity contribution in [3.8, 4) is 0 Å². The zero-order chi connectivity index (χ0) is 24.3. The summed E-state index contributed by atoms with van der Waals surface area (Å²) in [5, 5.41) is 0.455. The molecule has 0 N–H and O–H groups in total. The van der Waals surface area contributed by atoms with E-state index in [2.05, 4.69) is 0 Å². The lowest BCUT2D eigenvalue weighted by Gasteiger charge is -2.37. The van der Waals surface area contributed by atoms with Gasteiger partial charge in [-0.15, -0.1) is 0 Å². The quantitative estimate of drug-likeness (QED) is 0.472. The van der Waals surface area contributed by atoms with Gasteiger partial charge in [-0.2, -0.15) is 0 Å². The van der Waals surface area contributed by atoms with Gasteiger partial charge in [-0.05, 0) is 42.5 Å². The summed E-state index contributed by atoms with van der Waals surface area (Å²) >= 11 is 12.2. The predicted octanol–water partition coefficient (Wildman–Crippen LogP) is 4.68. The van der Waals surface area contributed by atoms with Crippen molar-refractivity contribution in [2.45, 2.75) is 4.90 Å². The number of carbonyl (C=O) groups is 1. The van der Waals surface area contributed by atoms with E-state index >= 15 is 0 Å². The number of amides is 1. The standard InChI is InChI=1S/C24H22Cl2FN3O3S/c25-20-11-10-18(16-21(20)26)30(34(32,33)19-6-2-1-3-7-19)17-24(31)29-14-12-28(13-15-29)23-9-5-4-8-22(23)27/h1-11,16H,12-15,17H2. The largest absolute Gasteiger partial charge is 0.366 e. The third kappa shape index (κ3) is 5.14. The molecule has 10 heteroatoms. The van der Waals surface area contributed by atoms with Gasteiger partial charge >= 0.3 is 0 Å². The molecular weight excluding hydrogens is 500 g/mol. The molecule has 0 spiro atoms. The zero-order valence-corrected chi connectivity index (χ0v) is 20.4. The maximum atomic E-state index is 14.1. The van der Waals surface area contributed by atoms with Crippen molar-refractivity contribution in [2.75, 3.05) is 41.9 Å². The number of hydrogen-bond donors (Lipinski definition) is 0. The number of anilines is 2. The molecule has 1 aliphatic heterocycles. The molecule has 3 aromatic rings. The van der Waals surface area contributed by atoms with Gasteiger partial charge in [-0.25, -0.2) is 12.8 Å². The Morgan fingerprint density at radius 3 is 2.18 bits per heavy atom. The maximum Gasteiger partial charge on any atom is 0.264 e. The van der Waals surface area contributed by atoms with Crippen molar-refractivity contribution >= 4 is 50.5 Å². The number of para-hydroxylation sites is 1. The summed E-state index contributed by atoms with van der Waals surface area (Å²) in [6.07, 6.45) is 0. The van der Waals surface area contributed by atoms with E-state index < -0.39 is 16.6 Å². The van der Waals surface area contributed by atoms with E-state index in [4.69, 9.17) is 23.2 Å². The van der Waals surface area contributed by atoms with Gasteiger partial charge in [0.2, 0.25) is 5.91 Å². The first-order valence-electron chi connectivity index (χ1n) is 10.6. The molecule has 1 fully saturated rings. The van der Waals surface area contributed by atoms with Crippen molar-refractivity contribution in [1.29, 1.82) is 0 Å². The Morgan fingerprint density at radius 1 is 0.882 bits per heavy atom. The molecular formula is C24H22Cl2FN3O3S. The summed E-state index contributed by atoms with van der Waals surface area (Å²) in [5.41, 5.74) is 0.718. The summed E-state index contributed by atoms with van der Waals surface area (Å²) in [7, 11) is -4.05. The second-order valence-corrected chi connectivity index (χ2v) is 10.4. The van der Waals surface area contributed by atoms with Crippen LogP contribution >= 0.6 is 23.2 Å². The van der Waals surface area contributed by atoms with Crippen molar-refractivity contribution in [3.63, 3.8) is 0 Å². The van der Waals surface area contributed by atoms with Crippen molar-refractivity contribution in [2.24, 2.45) is 0 Å². The van der Waals surface area contributed by atoms with Gasteiger partial charge in [0.1, 0.15) is 12.4 Å². The lowest BCUT2D eigenvalue weighted by atomic mass is 10.2. The molecule has 1 amide bonds. The van der Waals surface area contributed by atoms with Crippen LogP contribution in [0.15, 0.2) is 77.7 Å². The summed E-state index contributed by atoms with van der Waals surface area (Å²) in [6.45, 7) is 1.15. The highest BCUT2D eigenvalue weighted by Crippen LogP contribution is 2.30. The molecule has 34 heavy (non-hydrogen) atoms. The summed E-state index contributed by atoms with van der Waals surface area (Å²) in [6, 6.07) is 18.8. The van der Waals surface area contributed by atoms with E-state index in [1.54, 1.807) is 41.3 Å². The second kappa shape index (κ2) is 10.2. The topological polar surface area (TPSA) is 60.9 Å². The molecule has 178 valence electrons. The van der Waals surface area contributed by atoms with Crippen LogP contribution < -0.4 is 9.21 Å². The number of hydrogen-bond acceptors (Lipinski definition) is 4. The van der Waals surface area contributed by atoms with Crippen molar-refractivity contribution in [1.82, 2.24) is 4.90 Å². The van der Waals surface area contributed by atoms with Crippen molar-refractivity contribution < 1.29 is 17.6 Å². The average Bonchev–Trinajstić information content (AvgIpc) is 2.85. The first-order chi connectivity index (χ1) is 16.3. The minimum Gasteiger partial charge on any atom is -0.366 e. The van der Waals surface area contributed by atoms with Crippen LogP contribution in [0.3, 0.4) is 0 Å². The Labute approximate surface area is 208 Å². The number of rotatable bonds is 6. The Balaban J connectivity index is 1.55. The lowest BCUT2D eigenvalue weighted by molar-refractivity contribution is -0.129. The highest BCUT2D eigenvalue weighted by atomic mass is 35.5. The van der Waals surface area contributed by atoms with Crippen LogP contribution in [0.4, 0.5) is 15.8 Å². The van der Waals surface area contributed by atoms with Gasteiger partial charge < -0.3 is 9.80 Å². The van der Waals surface area contributed by atoms with E-state index in [-0.39, 0.29) is 32.4 Å². The van der Waals surface area contributed by atoms with Crippen LogP contribution in [0, 0.1) is 5.82 Å². The van der Waals surface area contributed by atoms with E-state index in [0.717, 1.165) is 4.31 Å². The smallest absolute Gasteiger partial charge is 0.264 e. The first kappa shape index (κ1) is 24.3. The third-order valence-corrected chi connectivity index (χ3v) is 8.15. The van der Waals surface area contributed by atoms with Crippen LogP contribution in [-0.4, -0.2) is 51.9 Å². The maximum absolute atomic E-state index is 14.1. The normalized spacial score (nSPS) is 14.2. The molecule has 3 aromatic carbocycles. The van der Waals surface area contributed by atoms with Crippen LogP contribution in [-0.2, 0) is 14.8 Å². The van der Waals surface area contributed by atoms with Crippen LogP contribution in [0.25, 0.3) is 0 Å². The van der Waals surface area contributed by atoms with Crippen LogP contribution in [0.5, 0.6) is 0 Å². The Hall–Kier alpha value is -2.81. The highest BCUT2D eigenvalue weighted by molar-refractivity contribution is 7.92. The highest BCUT2D eigenvalue weighted by Gasteiger charge is 2.30. The van der Waals surface area contributed by atoms with Gasteiger partial charge in [0.25, 0.3) is 10.0 Å². The Bertz CT molecular complexity index is 1280. The van der Waals surface area contributed by atoms with Gasteiger partial charge in [0.05, 0.1) is 26.3 Å². The monoisotopic (exact) mass is 521 g/mol. The second-order valence-electron chi connectivity index (χ2n) is 7.74. The first-order valence-corrected chi connectivity index (χ1v) is 12.8. The summed E-state index contributed by atoms with van der Waals surface area (Å²) < 4.78 is 42.1. The average molecular weight is 522 g/mol. The molecule has 6 nitrogen and oxygen atoms in total. The van der Waals surface area contributed by atoms with Gasteiger partial charge in [-0.3, -0.25) is 9.10 Å². The number of benzene rings is 3.